The maximum Gasteiger partial charge on any atom is 0.457 e. The zero-order valence-electron chi connectivity index (χ0n) is 19.2. The van der Waals surface area contributed by atoms with Gasteiger partial charge in [0.05, 0.1) is 11.2 Å². The monoisotopic (exact) mass is 422 g/mol. The van der Waals surface area contributed by atoms with E-state index in [4.69, 9.17) is 13.7 Å². The lowest BCUT2D eigenvalue weighted by molar-refractivity contribution is 0.00578. The van der Waals surface area contributed by atoms with Crippen LogP contribution < -0.4 is 10.4 Å². The highest BCUT2D eigenvalue weighted by molar-refractivity contribution is 6.99. The van der Waals surface area contributed by atoms with Crippen LogP contribution in [0.2, 0.25) is 11.9 Å². The molecule has 0 saturated carbocycles. The molecule has 2 fully saturated rings. The minimum atomic E-state index is -2.46. The van der Waals surface area contributed by atoms with E-state index in [2.05, 4.69) is 102 Å². The van der Waals surface area contributed by atoms with Gasteiger partial charge in [0.15, 0.2) is 0 Å². The average molecular weight is 422 g/mol. The fourth-order valence-corrected chi connectivity index (χ4v) is 9.99. The average Bonchev–Trinajstić information content (AvgIpc) is 3.18. The molecule has 0 aromatic heterocycles. The van der Waals surface area contributed by atoms with Gasteiger partial charge in [-0.1, -0.05) is 74.5 Å². The summed E-state index contributed by atoms with van der Waals surface area (Å²) in [7, 11) is -2.66. The molecule has 4 rings (SSSR count). The van der Waals surface area contributed by atoms with Gasteiger partial charge in [-0.15, -0.1) is 0 Å². The summed E-state index contributed by atoms with van der Waals surface area (Å²) in [6.07, 6.45) is 2.17. The molecule has 0 amide bonds. The van der Waals surface area contributed by atoms with E-state index >= 15 is 0 Å². The van der Waals surface area contributed by atoms with Crippen molar-refractivity contribution in [2.75, 3.05) is 0 Å². The van der Waals surface area contributed by atoms with E-state index in [1.165, 1.54) is 10.4 Å². The third-order valence-corrected chi connectivity index (χ3v) is 12.0. The van der Waals surface area contributed by atoms with E-state index in [0.29, 0.717) is 11.5 Å². The van der Waals surface area contributed by atoms with E-state index in [1.54, 1.807) is 0 Å². The van der Waals surface area contributed by atoms with Crippen LogP contribution in [0, 0.1) is 5.92 Å². The van der Waals surface area contributed by atoms with Crippen LogP contribution in [0.15, 0.2) is 60.7 Å². The van der Waals surface area contributed by atoms with Crippen molar-refractivity contribution < 1.29 is 13.7 Å². The first-order chi connectivity index (χ1) is 14.2. The SMILES string of the molecule is CC(C)[C@H]1C[C@@H](CB2OC(C)(C)C(C)(C)O2)[Si](c2ccccc2)(c2ccccc2)O1. The largest absolute Gasteiger partial charge is 0.457 e. The molecule has 2 heterocycles. The van der Waals surface area contributed by atoms with Gasteiger partial charge >= 0.3 is 7.12 Å². The van der Waals surface area contributed by atoms with Crippen molar-refractivity contribution in [2.45, 2.75) is 77.1 Å². The van der Waals surface area contributed by atoms with E-state index in [1.807, 2.05) is 0 Å². The molecule has 2 aromatic rings. The van der Waals surface area contributed by atoms with Gasteiger partial charge in [-0.25, -0.2) is 0 Å². The van der Waals surface area contributed by atoms with Crippen molar-refractivity contribution in [3.05, 3.63) is 60.7 Å². The third kappa shape index (κ3) is 3.70. The van der Waals surface area contributed by atoms with Gasteiger partial charge in [-0.2, -0.15) is 0 Å². The molecule has 0 spiro atoms. The zero-order chi connectivity index (χ0) is 21.6. The first-order valence-corrected chi connectivity index (χ1v) is 13.3. The van der Waals surface area contributed by atoms with Crippen molar-refractivity contribution in [2.24, 2.45) is 5.92 Å². The van der Waals surface area contributed by atoms with E-state index in [-0.39, 0.29) is 24.4 Å². The Morgan fingerprint density at radius 1 is 0.867 bits per heavy atom. The summed E-state index contributed by atoms with van der Waals surface area (Å²) in [5.41, 5.74) is -0.222. The molecule has 0 aliphatic carbocycles. The Labute approximate surface area is 183 Å². The van der Waals surface area contributed by atoms with Crippen molar-refractivity contribution in [3.63, 3.8) is 0 Å². The maximum atomic E-state index is 7.14. The van der Waals surface area contributed by atoms with Gasteiger partial charge in [0.25, 0.3) is 8.32 Å². The van der Waals surface area contributed by atoms with E-state index in [0.717, 1.165) is 12.7 Å². The molecule has 2 aromatic carbocycles. The molecule has 30 heavy (non-hydrogen) atoms. The molecule has 0 N–H and O–H groups in total. The van der Waals surface area contributed by atoms with Crippen molar-refractivity contribution in [1.29, 1.82) is 0 Å². The predicted octanol–water partition coefficient (Wildman–Crippen LogP) is 4.65. The van der Waals surface area contributed by atoms with Crippen molar-refractivity contribution >= 4 is 25.8 Å². The van der Waals surface area contributed by atoms with Crippen LogP contribution in [0.25, 0.3) is 0 Å². The maximum absolute atomic E-state index is 7.14. The Hall–Kier alpha value is -1.40. The molecule has 5 heteroatoms. The molecule has 160 valence electrons. The Morgan fingerprint density at radius 3 is 1.77 bits per heavy atom. The zero-order valence-corrected chi connectivity index (χ0v) is 20.2. The van der Waals surface area contributed by atoms with Gasteiger partial charge in [0.1, 0.15) is 0 Å². The first-order valence-electron chi connectivity index (χ1n) is 11.3. The number of hydrogen-bond acceptors (Lipinski definition) is 3. The van der Waals surface area contributed by atoms with Crippen LogP contribution in [0.5, 0.6) is 0 Å². The topological polar surface area (TPSA) is 27.7 Å². The van der Waals surface area contributed by atoms with Crippen LogP contribution in [-0.2, 0) is 13.7 Å². The molecule has 2 aliphatic rings. The Kier molecular flexibility index (Phi) is 5.77. The standard InChI is InChI=1S/C25H35BO3Si/c1-19(2)23-17-22(18-26-28-24(3,4)25(5,6)29-26)30(27-23,20-13-9-7-10-14-20)21-15-11-8-12-16-21/h7-16,19,22-23H,17-18H2,1-6H3/t22-,23+/m0/s1. The van der Waals surface area contributed by atoms with E-state index in [9.17, 15) is 0 Å². The van der Waals surface area contributed by atoms with Crippen LogP contribution in [0.3, 0.4) is 0 Å². The molecule has 2 aliphatic heterocycles. The second kappa shape index (κ2) is 7.94. The summed E-state index contributed by atoms with van der Waals surface area (Å²) in [6, 6.07) is 21.8. The Balaban J connectivity index is 1.76. The predicted molar refractivity (Wildman–Crippen MR) is 127 cm³/mol. The minimum Gasteiger partial charge on any atom is -0.404 e. The summed E-state index contributed by atoms with van der Waals surface area (Å²) >= 11 is 0. The second-order valence-corrected chi connectivity index (χ2v) is 13.9. The van der Waals surface area contributed by atoms with Crippen LogP contribution >= 0.6 is 0 Å². The van der Waals surface area contributed by atoms with Gasteiger partial charge in [-0.05, 0) is 62.3 Å². The van der Waals surface area contributed by atoms with Gasteiger partial charge in [0, 0.05) is 6.10 Å². The summed E-state index contributed by atoms with van der Waals surface area (Å²) in [5.74, 6) is 0.479. The van der Waals surface area contributed by atoms with Crippen LogP contribution in [0.4, 0.5) is 0 Å². The highest BCUT2D eigenvalue weighted by Gasteiger charge is 2.58. The highest BCUT2D eigenvalue weighted by Crippen LogP contribution is 2.46. The molecule has 0 bridgehead atoms. The number of hydrogen-bond donors (Lipinski definition) is 0. The molecule has 2 saturated heterocycles. The van der Waals surface area contributed by atoms with Crippen LogP contribution in [-0.4, -0.2) is 32.7 Å². The third-order valence-electron chi connectivity index (χ3n) is 7.36. The summed E-state index contributed by atoms with van der Waals surface area (Å²) in [5, 5.41) is 2.70. The van der Waals surface area contributed by atoms with Crippen molar-refractivity contribution in [1.82, 2.24) is 0 Å². The molecule has 3 nitrogen and oxygen atoms in total. The summed E-state index contributed by atoms with van der Waals surface area (Å²) < 4.78 is 20.0. The summed E-state index contributed by atoms with van der Waals surface area (Å²) in [4.78, 5) is 0. The van der Waals surface area contributed by atoms with Crippen LogP contribution in [0.1, 0.15) is 48.0 Å². The minimum absolute atomic E-state index is 0.200. The lowest BCUT2D eigenvalue weighted by atomic mass is 9.81. The lowest BCUT2D eigenvalue weighted by Gasteiger charge is -2.34. The number of rotatable bonds is 5. The Bertz CT molecular complexity index is 798. The highest BCUT2D eigenvalue weighted by atomic mass is 28.4. The first kappa shape index (κ1) is 21.8. The van der Waals surface area contributed by atoms with Crippen molar-refractivity contribution in [3.8, 4) is 0 Å². The van der Waals surface area contributed by atoms with E-state index < -0.39 is 8.32 Å². The molecule has 0 unspecified atom stereocenters. The quantitative estimate of drug-likeness (QED) is 0.657. The van der Waals surface area contributed by atoms with Gasteiger partial charge in [0.2, 0.25) is 0 Å². The lowest BCUT2D eigenvalue weighted by Crippen LogP contribution is -2.62. The van der Waals surface area contributed by atoms with Gasteiger partial charge in [-0.3, -0.25) is 0 Å². The molecule has 0 radical (unpaired) electrons. The summed E-state index contributed by atoms with van der Waals surface area (Å²) in [6.45, 7) is 13.1. The normalized spacial score (nSPS) is 27.0. The fraction of sp³-hybridized carbons (Fsp3) is 0.520. The molecular weight excluding hydrogens is 387 g/mol. The number of benzene rings is 2. The van der Waals surface area contributed by atoms with Gasteiger partial charge < -0.3 is 13.7 Å². The smallest absolute Gasteiger partial charge is 0.404 e. The Morgan fingerprint density at radius 2 is 1.33 bits per heavy atom. The molecule has 2 atom stereocenters. The second-order valence-electron chi connectivity index (χ2n) is 10.2. The fourth-order valence-electron chi connectivity index (χ4n) is 4.94. The molecular formula is C25H35BO3Si.